The summed E-state index contributed by atoms with van der Waals surface area (Å²) in [4.78, 5) is 14.6. The first-order valence-electron chi connectivity index (χ1n) is 6.42. The maximum absolute atomic E-state index is 11.8. The van der Waals surface area contributed by atoms with Crippen molar-refractivity contribution in [3.05, 3.63) is 53.3 Å². The number of aryl methyl sites for hydroxylation is 1. The summed E-state index contributed by atoms with van der Waals surface area (Å²) in [6.07, 6.45) is 2.27. The molecule has 0 radical (unpaired) electrons. The molecule has 1 aromatic heterocycles. The molecule has 1 aromatic carbocycles. The third-order valence-corrected chi connectivity index (χ3v) is 2.93. The Balaban J connectivity index is 2.21. The molecule has 2 rings (SSSR count). The van der Waals surface area contributed by atoms with Crippen LogP contribution in [0.3, 0.4) is 0 Å². The Hall–Kier alpha value is -2.56. The average molecular weight is 271 g/mol. The van der Waals surface area contributed by atoms with Crippen molar-refractivity contribution in [1.29, 1.82) is 0 Å². The summed E-state index contributed by atoms with van der Waals surface area (Å²) in [5.74, 6) is -0.154. The summed E-state index contributed by atoms with van der Waals surface area (Å²) in [7, 11) is 0. The molecule has 0 saturated heterocycles. The maximum atomic E-state index is 11.8. The number of aromatic hydroxyl groups is 1. The van der Waals surface area contributed by atoms with Crippen LogP contribution in [-0.4, -0.2) is 21.7 Å². The second-order valence-electron chi connectivity index (χ2n) is 4.46. The third kappa shape index (κ3) is 3.06. The molecule has 0 aliphatic rings. The first-order valence-corrected chi connectivity index (χ1v) is 6.42. The van der Waals surface area contributed by atoms with Gasteiger partial charge in [0.2, 0.25) is 0 Å². The molecule has 0 bridgehead atoms. The smallest absolute Gasteiger partial charge is 0.287 e. The first kappa shape index (κ1) is 13.9. The number of rotatable bonds is 4. The summed E-state index contributed by atoms with van der Waals surface area (Å²) in [6, 6.07) is 8.71. The number of benzene rings is 1. The van der Waals surface area contributed by atoms with Crippen molar-refractivity contribution in [3.63, 3.8) is 0 Å². The zero-order chi connectivity index (χ0) is 14.5. The van der Waals surface area contributed by atoms with Gasteiger partial charge in [-0.15, -0.1) is 0 Å². The number of amides is 1. The van der Waals surface area contributed by atoms with E-state index in [9.17, 15) is 9.90 Å². The van der Waals surface area contributed by atoms with Crippen molar-refractivity contribution < 1.29 is 9.90 Å². The largest absolute Gasteiger partial charge is 0.507 e. The van der Waals surface area contributed by atoms with E-state index in [4.69, 9.17) is 0 Å². The van der Waals surface area contributed by atoms with E-state index in [1.54, 1.807) is 24.4 Å². The average Bonchev–Trinajstić information content (AvgIpc) is 2.97. The van der Waals surface area contributed by atoms with Crippen molar-refractivity contribution in [1.82, 2.24) is 10.4 Å². The van der Waals surface area contributed by atoms with Crippen LogP contribution < -0.4 is 5.43 Å². The van der Waals surface area contributed by atoms with E-state index in [0.29, 0.717) is 23.4 Å². The van der Waals surface area contributed by atoms with Gasteiger partial charge < -0.3 is 10.1 Å². The minimum Gasteiger partial charge on any atom is -0.507 e. The van der Waals surface area contributed by atoms with Gasteiger partial charge in [-0.25, -0.2) is 5.43 Å². The van der Waals surface area contributed by atoms with Gasteiger partial charge in [-0.1, -0.05) is 18.6 Å². The highest BCUT2D eigenvalue weighted by Gasteiger charge is 2.09. The van der Waals surface area contributed by atoms with Gasteiger partial charge in [0.05, 0.1) is 5.71 Å². The van der Waals surface area contributed by atoms with Gasteiger partial charge >= 0.3 is 0 Å². The monoisotopic (exact) mass is 271 g/mol. The quantitative estimate of drug-likeness (QED) is 0.590. The van der Waals surface area contributed by atoms with Crippen molar-refractivity contribution in [2.45, 2.75) is 20.3 Å². The lowest BCUT2D eigenvalue weighted by Gasteiger charge is -2.08. The lowest BCUT2D eigenvalue weighted by molar-refractivity contribution is 0.0950. The van der Waals surface area contributed by atoms with Gasteiger partial charge in [0.25, 0.3) is 5.91 Å². The van der Waals surface area contributed by atoms with Crippen molar-refractivity contribution in [2.24, 2.45) is 5.10 Å². The highest BCUT2D eigenvalue weighted by molar-refractivity contribution is 6.03. The third-order valence-electron chi connectivity index (χ3n) is 2.93. The van der Waals surface area contributed by atoms with Gasteiger partial charge in [0.15, 0.2) is 0 Å². The van der Waals surface area contributed by atoms with E-state index in [2.05, 4.69) is 15.5 Å². The van der Waals surface area contributed by atoms with E-state index in [-0.39, 0.29) is 11.7 Å². The summed E-state index contributed by atoms with van der Waals surface area (Å²) in [5, 5.41) is 14.0. The Morgan fingerprint density at radius 3 is 2.85 bits per heavy atom. The Bertz CT molecular complexity index is 631. The molecule has 1 heterocycles. The first-order chi connectivity index (χ1) is 9.61. The van der Waals surface area contributed by atoms with Gasteiger partial charge in [-0.05, 0) is 37.6 Å². The number of aromatic nitrogens is 1. The van der Waals surface area contributed by atoms with E-state index >= 15 is 0 Å². The van der Waals surface area contributed by atoms with Crippen LogP contribution in [0.5, 0.6) is 5.75 Å². The van der Waals surface area contributed by atoms with Crippen LogP contribution in [0.15, 0.2) is 41.6 Å². The highest BCUT2D eigenvalue weighted by Crippen LogP contribution is 2.20. The zero-order valence-electron chi connectivity index (χ0n) is 11.5. The summed E-state index contributed by atoms with van der Waals surface area (Å²) in [6.45, 7) is 3.86. The topological polar surface area (TPSA) is 77.5 Å². The van der Waals surface area contributed by atoms with Crippen LogP contribution in [0, 0.1) is 6.92 Å². The molecule has 20 heavy (non-hydrogen) atoms. The minimum absolute atomic E-state index is 0.158. The molecule has 0 aliphatic carbocycles. The summed E-state index contributed by atoms with van der Waals surface area (Å²) in [5.41, 5.74) is 5.22. The lowest BCUT2D eigenvalue weighted by atomic mass is 10.0. The number of H-pyrrole nitrogens is 1. The molecule has 1 amide bonds. The van der Waals surface area contributed by atoms with Crippen LogP contribution in [-0.2, 0) is 0 Å². The van der Waals surface area contributed by atoms with Gasteiger partial charge in [-0.3, -0.25) is 4.79 Å². The summed E-state index contributed by atoms with van der Waals surface area (Å²) >= 11 is 0. The molecule has 0 aliphatic heterocycles. The van der Waals surface area contributed by atoms with Crippen molar-refractivity contribution >= 4 is 11.6 Å². The zero-order valence-corrected chi connectivity index (χ0v) is 11.5. The van der Waals surface area contributed by atoms with Crippen LogP contribution in [0.1, 0.15) is 35.0 Å². The molecule has 5 heteroatoms. The molecule has 3 N–H and O–H groups in total. The van der Waals surface area contributed by atoms with Crippen LogP contribution in [0.4, 0.5) is 0 Å². The number of nitrogens with zero attached hydrogens (tertiary/aromatic N) is 1. The fraction of sp³-hybridized carbons (Fsp3) is 0.200. The molecule has 0 atom stereocenters. The van der Waals surface area contributed by atoms with Crippen LogP contribution in [0.25, 0.3) is 0 Å². The number of hydrogen-bond acceptors (Lipinski definition) is 3. The standard InChI is InChI=1S/C15H17N3O2/c1-3-12(11-9-10(2)6-7-14(11)19)17-18-15(20)13-5-4-8-16-13/h4-9,16,19H,3H2,1-2H3,(H,18,20)/b17-12+. The SMILES string of the molecule is CC/C(=N\NC(=O)c1ccc[nH]1)c1cc(C)ccc1O. The molecule has 0 spiro atoms. The molecular formula is C15H17N3O2. The van der Waals surface area contributed by atoms with E-state index in [1.807, 2.05) is 26.0 Å². The molecule has 0 saturated carbocycles. The van der Waals surface area contributed by atoms with Gasteiger partial charge in [0.1, 0.15) is 11.4 Å². The number of hydrazone groups is 1. The maximum Gasteiger partial charge on any atom is 0.287 e. The lowest BCUT2D eigenvalue weighted by Crippen LogP contribution is -2.20. The number of nitrogens with one attached hydrogen (secondary N) is 2. The number of carbonyl (C=O) groups excluding carboxylic acids is 1. The molecule has 104 valence electrons. The highest BCUT2D eigenvalue weighted by atomic mass is 16.3. The Morgan fingerprint density at radius 1 is 1.40 bits per heavy atom. The fourth-order valence-corrected chi connectivity index (χ4v) is 1.86. The van der Waals surface area contributed by atoms with E-state index < -0.39 is 0 Å². The van der Waals surface area contributed by atoms with Crippen molar-refractivity contribution in [2.75, 3.05) is 0 Å². The van der Waals surface area contributed by atoms with E-state index in [0.717, 1.165) is 5.56 Å². The number of phenols is 1. The molecule has 0 unspecified atom stereocenters. The van der Waals surface area contributed by atoms with Gasteiger partial charge in [-0.2, -0.15) is 5.10 Å². The van der Waals surface area contributed by atoms with Gasteiger partial charge in [0, 0.05) is 11.8 Å². The molecule has 5 nitrogen and oxygen atoms in total. The number of phenolic OH excluding ortho intramolecular Hbond substituents is 1. The normalized spacial score (nSPS) is 11.4. The Labute approximate surface area is 117 Å². The number of carbonyl (C=O) groups is 1. The predicted octanol–water partition coefficient (Wildman–Crippen LogP) is 2.57. The minimum atomic E-state index is -0.312. The molecule has 0 fully saturated rings. The van der Waals surface area contributed by atoms with Crippen LogP contribution >= 0.6 is 0 Å². The second-order valence-corrected chi connectivity index (χ2v) is 4.46. The second kappa shape index (κ2) is 6.06. The number of aromatic amines is 1. The van der Waals surface area contributed by atoms with Crippen LogP contribution in [0.2, 0.25) is 0 Å². The Kier molecular flexibility index (Phi) is 4.20. The Morgan fingerprint density at radius 2 is 2.20 bits per heavy atom. The van der Waals surface area contributed by atoms with Crippen molar-refractivity contribution in [3.8, 4) is 5.75 Å². The fourth-order valence-electron chi connectivity index (χ4n) is 1.86. The number of hydrogen-bond donors (Lipinski definition) is 3. The summed E-state index contributed by atoms with van der Waals surface area (Å²) < 4.78 is 0. The molecular weight excluding hydrogens is 254 g/mol. The molecule has 2 aromatic rings. The predicted molar refractivity (Wildman–Crippen MR) is 77.9 cm³/mol. The van der Waals surface area contributed by atoms with E-state index in [1.165, 1.54) is 0 Å².